The highest BCUT2D eigenvalue weighted by Gasteiger charge is 2.59. The van der Waals surface area contributed by atoms with Gasteiger partial charge in [-0.05, 0) is 6.92 Å². The smallest absolute Gasteiger partial charge is 0.217 e. The van der Waals surface area contributed by atoms with E-state index in [4.69, 9.17) is 52.1 Å². The molecule has 6 fully saturated rings. The van der Waals surface area contributed by atoms with Gasteiger partial charge in [0.05, 0.1) is 39.1 Å². The molecule has 19 N–H and O–H groups in total. The summed E-state index contributed by atoms with van der Waals surface area (Å²) < 4.78 is 63.7. The van der Waals surface area contributed by atoms with Crippen LogP contribution in [0.15, 0.2) is 0 Å². The minimum Gasteiger partial charge on any atom is -0.394 e. The Hall–Kier alpha value is -2.18. The summed E-state index contributed by atoms with van der Waals surface area (Å²) in [6.45, 7) is -1.57. The van der Waals surface area contributed by atoms with E-state index in [0.717, 1.165) is 13.8 Å². The van der Waals surface area contributed by atoms with Crippen molar-refractivity contribution >= 4 is 11.8 Å². The average Bonchev–Trinajstić information content (AvgIpc) is 3.34. The Balaban J connectivity index is 1.32. The first-order valence-electron chi connectivity index (χ1n) is 23.0. The number of ether oxygens (including phenoxy) is 11. The van der Waals surface area contributed by atoms with E-state index in [1.807, 2.05) is 0 Å². The average molecular weight is 1060 g/mol. The van der Waals surface area contributed by atoms with Crippen molar-refractivity contribution in [3.63, 3.8) is 0 Å². The summed E-state index contributed by atoms with van der Waals surface area (Å²) in [7, 11) is 0. The Labute approximate surface area is 408 Å². The van der Waals surface area contributed by atoms with Gasteiger partial charge >= 0.3 is 0 Å². The molecular formula is C40H68N2O30. The molecule has 32 nitrogen and oxygen atoms in total. The molecule has 0 radical (unpaired) electrons. The first-order chi connectivity index (χ1) is 34.0. The van der Waals surface area contributed by atoms with Gasteiger partial charge in [-0.2, -0.15) is 0 Å². The first kappa shape index (κ1) is 59.1. The Morgan fingerprint density at radius 2 is 0.736 bits per heavy atom. The Morgan fingerprint density at radius 1 is 0.361 bits per heavy atom. The lowest BCUT2D eigenvalue weighted by molar-refractivity contribution is -0.393. The molecule has 0 saturated carbocycles. The fraction of sp³-hybridized carbons (Fsp3) is 0.950. The zero-order valence-corrected chi connectivity index (χ0v) is 38.8. The van der Waals surface area contributed by atoms with E-state index in [-0.39, 0.29) is 0 Å². The van der Waals surface area contributed by atoms with Crippen LogP contribution in [0.1, 0.15) is 20.8 Å². The highest BCUT2D eigenvalue weighted by Crippen LogP contribution is 2.38. The summed E-state index contributed by atoms with van der Waals surface area (Å²) in [6, 6.07) is -3.54. The zero-order chi connectivity index (χ0) is 53.2. The van der Waals surface area contributed by atoms with Crippen molar-refractivity contribution in [1.82, 2.24) is 10.6 Å². The van der Waals surface area contributed by atoms with Crippen molar-refractivity contribution in [3.05, 3.63) is 0 Å². The van der Waals surface area contributed by atoms with Crippen LogP contribution in [-0.2, 0) is 61.7 Å². The number of amides is 2. The molecule has 0 aromatic carbocycles. The summed E-state index contributed by atoms with van der Waals surface area (Å²) >= 11 is 0. The standard InChI is InChI=1S/C40H68N2O30/c1-9-19(50)24(55)26(57)38(62-9)70-32-18(42-11(3)49)37(71-33-21(52)13(5-44)63-35(61)28(33)59)67-16(8-47)31(32)69-40-29(60)34(22(53)14(6-45)65-40)72-36-17(41-10(2)48)23(54)30(15(7-46)66-36)68-39-27(58)25(56)20(51)12(4-43)64-39/h9,12-40,43-47,50-61H,4-8H2,1-3H3,(H,41,48)(H,42,49)/t9-,12+,13+,14+,15+,16+,17+,18+,19+,20-,21-,22-,23+,24+,25-,26-,27+,28+,29+,30+,31+,32+,33-,34-,35?,36-,37-,38-,39-,40-/m0/s1. The van der Waals surface area contributed by atoms with Gasteiger partial charge in [0.2, 0.25) is 11.8 Å². The number of hydrogen-bond acceptors (Lipinski definition) is 30. The van der Waals surface area contributed by atoms with Gasteiger partial charge in [-0.3, -0.25) is 9.59 Å². The van der Waals surface area contributed by atoms with Gasteiger partial charge in [0.25, 0.3) is 0 Å². The molecule has 0 aliphatic carbocycles. The minimum atomic E-state index is -2.26. The van der Waals surface area contributed by atoms with Gasteiger partial charge in [-0.1, -0.05) is 0 Å². The molecule has 6 aliphatic heterocycles. The van der Waals surface area contributed by atoms with Crippen LogP contribution in [0.4, 0.5) is 0 Å². The highest BCUT2D eigenvalue weighted by molar-refractivity contribution is 5.73. The lowest BCUT2D eigenvalue weighted by Gasteiger charge is -2.52. The molecule has 418 valence electrons. The minimum absolute atomic E-state index is 0.837. The van der Waals surface area contributed by atoms with E-state index >= 15 is 0 Å². The third-order valence-corrected chi connectivity index (χ3v) is 13.2. The molecule has 0 aromatic heterocycles. The lowest BCUT2D eigenvalue weighted by Crippen LogP contribution is -2.71. The van der Waals surface area contributed by atoms with Crippen molar-refractivity contribution in [1.29, 1.82) is 0 Å². The van der Waals surface area contributed by atoms with Crippen LogP contribution < -0.4 is 10.6 Å². The molecule has 2 amide bonds. The summed E-state index contributed by atoms with van der Waals surface area (Å²) in [5.41, 5.74) is 0. The van der Waals surface area contributed by atoms with Crippen LogP contribution in [0.2, 0.25) is 0 Å². The molecule has 0 aromatic rings. The van der Waals surface area contributed by atoms with Crippen LogP contribution in [0.25, 0.3) is 0 Å². The monoisotopic (exact) mass is 1060 g/mol. The van der Waals surface area contributed by atoms with Gasteiger partial charge in [0, 0.05) is 13.8 Å². The number of aliphatic hydroxyl groups excluding tert-OH is 17. The second kappa shape index (κ2) is 25.3. The molecular weight excluding hydrogens is 988 g/mol. The van der Waals surface area contributed by atoms with E-state index in [1.54, 1.807) is 0 Å². The lowest BCUT2D eigenvalue weighted by atomic mass is 9.93. The summed E-state index contributed by atoms with van der Waals surface area (Å²) in [6.07, 6.45) is -52.5. The predicted molar refractivity (Wildman–Crippen MR) is 221 cm³/mol. The predicted octanol–water partition coefficient (Wildman–Crippen LogP) is -12.8. The fourth-order valence-electron chi connectivity index (χ4n) is 9.25. The fourth-order valence-corrected chi connectivity index (χ4v) is 9.25. The Kier molecular flexibility index (Phi) is 20.8. The molecule has 0 bridgehead atoms. The van der Waals surface area contributed by atoms with Crippen molar-refractivity contribution in [2.24, 2.45) is 0 Å². The Morgan fingerprint density at radius 3 is 1.26 bits per heavy atom. The van der Waals surface area contributed by atoms with Crippen molar-refractivity contribution < 1.29 is 149 Å². The van der Waals surface area contributed by atoms with Gasteiger partial charge in [0.15, 0.2) is 37.7 Å². The van der Waals surface area contributed by atoms with Gasteiger partial charge in [-0.25, -0.2) is 0 Å². The molecule has 1 unspecified atom stereocenters. The molecule has 6 saturated heterocycles. The summed E-state index contributed by atoms with van der Waals surface area (Å²) in [4.78, 5) is 25.4. The molecule has 30 atom stereocenters. The molecule has 6 heterocycles. The molecule has 72 heavy (non-hydrogen) atoms. The second-order valence-corrected chi connectivity index (χ2v) is 18.2. The van der Waals surface area contributed by atoms with E-state index in [0.29, 0.717) is 0 Å². The molecule has 6 rings (SSSR count). The number of carbonyl (C=O) groups excluding carboxylic acids is 2. The van der Waals surface area contributed by atoms with E-state index in [1.165, 1.54) is 6.92 Å². The third kappa shape index (κ3) is 12.5. The van der Waals surface area contributed by atoms with Gasteiger partial charge in [-0.15, -0.1) is 0 Å². The van der Waals surface area contributed by atoms with Crippen LogP contribution in [0.3, 0.4) is 0 Å². The number of hydrogen-bond donors (Lipinski definition) is 19. The zero-order valence-electron chi connectivity index (χ0n) is 38.8. The Bertz CT molecular complexity index is 1730. The largest absolute Gasteiger partial charge is 0.394 e. The van der Waals surface area contributed by atoms with Crippen molar-refractivity contribution in [3.8, 4) is 0 Å². The molecule has 6 aliphatic rings. The molecule has 0 spiro atoms. The number of aliphatic hydroxyl groups is 17. The SMILES string of the molecule is CC(=O)N[C@H]1[C@H](O[C@H]2[C@@H](O)[C@@H](CO)O[C@@H](O[C@H]3[C@H](O[C@@H]4O[C@@H](C)[C@@H](O)[C@@H](O)[C@@H]4O)[C@@H](NC(C)=O)[C@H](O[C@H]4[C@@H](O)[C@@H](CO)OC(O)[C@@H]4O)O[C@@H]3CO)[C@@H]2O)O[C@H](CO)[C@@H](O[C@@H]2O[C@H](CO)[C@H](O)[C@H](O)[C@H]2O)[C@@H]1O. The molecule has 32 heteroatoms. The maximum atomic E-state index is 12.9. The quantitative estimate of drug-likeness (QED) is 0.0643. The van der Waals surface area contributed by atoms with Crippen molar-refractivity contribution in [2.75, 3.05) is 33.0 Å². The second-order valence-electron chi connectivity index (χ2n) is 18.2. The number of rotatable bonds is 17. The van der Waals surface area contributed by atoms with Crippen LogP contribution >= 0.6 is 0 Å². The van der Waals surface area contributed by atoms with Crippen molar-refractivity contribution in [2.45, 2.75) is 205 Å². The van der Waals surface area contributed by atoms with Gasteiger partial charge < -0.3 is 150 Å². The number of carbonyl (C=O) groups is 2. The van der Waals surface area contributed by atoms with E-state index < -0.39 is 229 Å². The summed E-state index contributed by atoms with van der Waals surface area (Å²) in [5, 5.41) is 187. The van der Waals surface area contributed by atoms with E-state index in [2.05, 4.69) is 10.6 Å². The topological polar surface area (TPSA) is 504 Å². The number of nitrogens with one attached hydrogen (secondary N) is 2. The van der Waals surface area contributed by atoms with Crippen LogP contribution in [0, 0.1) is 0 Å². The summed E-state index contributed by atoms with van der Waals surface area (Å²) in [5.74, 6) is -1.70. The van der Waals surface area contributed by atoms with E-state index in [9.17, 15) is 96.4 Å². The first-order valence-corrected chi connectivity index (χ1v) is 23.0. The van der Waals surface area contributed by atoms with Crippen LogP contribution in [0.5, 0.6) is 0 Å². The third-order valence-electron chi connectivity index (χ3n) is 13.2. The van der Waals surface area contributed by atoms with Crippen LogP contribution in [-0.4, -0.2) is 316 Å². The maximum Gasteiger partial charge on any atom is 0.217 e. The van der Waals surface area contributed by atoms with Gasteiger partial charge in [0.1, 0.15) is 140 Å². The highest BCUT2D eigenvalue weighted by atomic mass is 16.8. The maximum absolute atomic E-state index is 12.9. The normalized spacial score (nSPS) is 50.3.